The van der Waals surface area contributed by atoms with Crippen molar-refractivity contribution < 1.29 is 9.15 Å². The summed E-state index contributed by atoms with van der Waals surface area (Å²) in [4.78, 5) is 0. The normalized spacial score (nSPS) is 12.4. The molecule has 0 saturated carbocycles. The molecule has 1 heterocycles. The van der Waals surface area contributed by atoms with E-state index in [4.69, 9.17) is 14.9 Å². The summed E-state index contributed by atoms with van der Waals surface area (Å²) in [5.41, 5.74) is 8.23. The van der Waals surface area contributed by atoms with Gasteiger partial charge >= 0.3 is 0 Å². The molecular weight excluding hydrogens is 282 g/mol. The fourth-order valence-corrected chi connectivity index (χ4v) is 2.08. The second-order valence-corrected chi connectivity index (χ2v) is 4.68. The average molecular weight is 296 g/mol. The summed E-state index contributed by atoms with van der Waals surface area (Å²) in [5, 5.41) is 0. The van der Waals surface area contributed by atoms with Gasteiger partial charge in [-0.25, -0.2) is 0 Å². The highest BCUT2D eigenvalue weighted by atomic mass is 79.9. The van der Waals surface area contributed by atoms with E-state index in [9.17, 15) is 0 Å². The minimum atomic E-state index is -0.0721. The zero-order chi connectivity index (χ0) is 12.3. The van der Waals surface area contributed by atoms with Crippen LogP contribution >= 0.6 is 15.9 Å². The third-order valence-electron chi connectivity index (χ3n) is 2.66. The van der Waals surface area contributed by atoms with Gasteiger partial charge in [0.15, 0.2) is 0 Å². The van der Waals surface area contributed by atoms with Crippen LogP contribution in [0, 0.1) is 0 Å². The summed E-state index contributed by atoms with van der Waals surface area (Å²) < 4.78 is 11.3. The van der Waals surface area contributed by atoms with Gasteiger partial charge in [0, 0.05) is 16.1 Å². The van der Waals surface area contributed by atoms with E-state index in [1.807, 2.05) is 24.3 Å². The first-order chi connectivity index (χ1) is 8.20. The molecule has 0 aliphatic heterocycles. The molecule has 1 atom stereocenters. The van der Waals surface area contributed by atoms with Crippen LogP contribution in [0.4, 0.5) is 0 Å². The van der Waals surface area contributed by atoms with Crippen molar-refractivity contribution in [1.82, 2.24) is 0 Å². The molecule has 2 aromatic rings. The molecule has 0 saturated heterocycles. The molecule has 0 amide bonds. The summed E-state index contributed by atoms with van der Waals surface area (Å²) in [6.07, 6.45) is 4.05. The zero-order valence-electron chi connectivity index (χ0n) is 9.52. The van der Waals surface area contributed by atoms with Crippen LogP contribution in [-0.2, 0) is 6.42 Å². The van der Waals surface area contributed by atoms with Crippen molar-refractivity contribution in [3.63, 3.8) is 0 Å². The average Bonchev–Trinajstić information content (AvgIpc) is 2.85. The van der Waals surface area contributed by atoms with Gasteiger partial charge in [-0.1, -0.05) is 15.9 Å². The molecule has 0 spiro atoms. The number of furan rings is 1. The quantitative estimate of drug-likeness (QED) is 0.941. The Morgan fingerprint density at radius 2 is 2.24 bits per heavy atom. The Morgan fingerprint density at radius 3 is 2.88 bits per heavy atom. The molecule has 1 unspecified atom stereocenters. The summed E-state index contributed by atoms with van der Waals surface area (Å²) >= 11 is 3.52. The Hall–Kier alpha value is -1.26. The molecule has 0 radical (unpaired) electrons. The van der Waals surface area contributed by atoms with Crippen LogP contribution in [0.25, 0.3) is 0 Å². The lowest BCUT2D eigenvalue weighted by Gasteiger charge is -2.12. The number of rotatable bonds is 4. The monoisotopic (exact) mass is 295 g/mol. The van der Waals surface area contributed by atoms with Crippen molar-refractivity contribution in [2.45, 2.75) is 12.5 Å². The largest absolute Gasteiger partial charge is 0.497 e. The van der Waals surface area contributed by atoms with Gasteiger partial charge in [-0.2, -0.15) is 0 Å². The number of hydrogen-bond donors (Lipinski definition) is 1. The third kappa shape index (κ3) is 2.90. The lowest BCUT2D eigenvalue weighted by atomic mass is 10.0. The van der Waals surface area contributed by atoms with Crippen LogP contribution in [0.2, 0.25) is 0 Å². The van der Waals surface area contributed by atoms with E-state index in [0.717, 1.165) is 27.8 Å². The van der Waals surface area contributed by atoms with E-state index in [-0.39, 0.29) is 6.04 Å². The maximum absolute atomic E-state index is 6.11. The van der Waals surface area contributed by atoms with Gasteiger partial charge in [-0.15, -0.1) is 0 Å². The van der Waals surface area contributed by atoms with E-state index >= 15 is 0 Å². The van der Waals surface area contributed by atoms with Crippen molar-refractivity contribution in [3.8, 4) is 5.75 Å². The highest BCUT2D eigenvalue weighted by Gasteiger charge is 2.11. The Morgan fingerprint density at radius 1 is 1.41 bits per heavy atom. The van der Waals surface area contributed by atoms with Crippen LogP contribution in [0.3, 0.4) is 0 Å². The summed E-state index contributed by atoms with van der Waals surface area (Å²) in [5.74, 6) is 0.836. The smallest absolute Gasteiger partial charge is 0.119 e. The Labute approximate surface area is 109 Å². The standard InChI is InChI=1S/C13H14BrNO2/c1-16-11-2-3-12(14)10(6-11)7-13(15)9-4-5-17-8-9/h2-6,8,13H,7,15H2,1H3. The Balaban J connectivity index is 2.18. The molecule has 2 rings (SSSR count). The van der Waals surface area contributed by atoms with E-state index in [1.165, 1.54) is 0 Å². The van der Waals surface area contributed by atoms with Gasteiger partial charge in [0.1, 0.15) is 5.75 Å². The van der Waals surface area contributed by atoms with Crippen molar-refractivity contribution >= 4 is 15.9 Å². The maximum Gasteiger partial charge on any atom is 0.119 e. The summed E-state index contributed by atoms with van der Waals surface area (Å²) in [6.45, 7) is 0. The van der Waals surface area contributed by atoms with Crippen molar-refractivity contribution in [2.75, 3.05) is 7.11 Å². The second-order valence-electron chi connectivity index (χ2n) is 3.82. The number of methoxy groups -OCH3 is 1. The SMILES string of the molecule is COc1ccc(Br)c(CC(N)c2ccoc2)c1. The van der Waals surface area contributed by atoms with E-state index in [1.54, 1.807) is 19.6 Å². The van der Waals surface area contributed by atoms with Gasteiger partial charge < -0.3 is 14.9 Å². The molecule has 1 aromatic carbocycles. The lowest BCUT2D eigenvalue weighted by molar-refractivity contribution is 0.414. The number of nitrogens with two attached hydrogens (primary N) is 1. The van der Waals surface area contributed by atoms with E-state index < -0.39 is 0 Å². The molecule has 2 N–H and O–H groups in total. The fourth-order valence-electron chi connectivity index (χ4n) is 1.68. The zero-order valence-corrected chi connectivity index (χ0v) is 11.1. The van der Waals surface area contributed by atoms with Crippen molar-refractivity contribution in [1.29, 1.82) is 0 Å². The van der Waals surface area contributed by atoms with Crippen LogP contribution in [0.15, 0.2) is 45.7 Å². The lowest BCUT2D eigenvalue weighted by Crippen LogP contribution is -2.12. The Kier molecular flexibility index (Phi) is 3.86. The topological polar surface area (TPSA) is 48.4 Å². The molecule has 0 fully saturated rings. The molecule has 17 heavy (non-hydrogen) atoms. The number of hydrogen-bond acceptors (Lipinski definition) is 3. The number of halogens is 1. The van der Waals surface area contributed by atoms with Crippen LogP contribution in [-0.4, -0.2) is 7.11 Å². The predicted octanol–water partition coefficient (Wildman–Crippen LogP) is 3.29. The van der Waals surface area contributed by atoms with Crippen LogP contribution < -0.4 is 10.5 Å². The second kappa shape index (κ2) is 5.38. The molecule has 1 aromatic heterocycles. The first-order valence-corrected chi connectivity index (χ1v) is 6.10. The summed E-state index contributed by atoms with van der Waals surface area (Å²) in [6, 6.07) is 7.69. The first-order valence-electron chi connectivity index (χ1n) is 5.31. The van der Waals surface area contributed by atoms with Gasteiger partial charge in [-0.3, -0.25) is 0 Å². The number of benzene rings is 1. The molecule has 3 nitrogen and oxygen atoms in total. The fraction of sp³-hybridized carbons (Fsp3) is 0.231. The van der Waals surface area contributed by atoms with Gasteiger partial charge in [-0.05, 0) is 36.2 Å². The van der Waals surface area contributed by atoms with Gasteiger partial charge in [0.2, 0.25) is 0 Å². The third-order valence-corrected chi connectivity index (χ3v) is 3.44. The van der Waals surface area contributed by atoms with Gasteiger partial charge in [0.25, 0.3) is 0 Å². The Bertz CT molecular complexity index is 482. The minimum absolute atomic E-state index is 0.0721. The van der Waals surface area contributed by atoms with Gasteiger partial charge in [0.05, 0.1) is 19.6 Å². The molecule has 4 heteroatoms. The van der Waals surface area contributed by atoms with E-state index in [0.29, 0.717) is 0 Å². The predicted molar refractivity (Wildman–Crippen MR) is 70.0 cm³/mol. The summed E-state index contributed by atoms with van der Waals surface area (Å²) in [7, 11) is 1.66. The van der Waals surface area contributed by atoms with Crippen LogP contribution in [0.5, 0.6) is 5.75 Å². The minimum Gasteiger partial charge on any atom is -0.497 e. The molecule has 90 valence electrons. The molecule has 0 bridgehead atoms. The van der Waals surface area contributed by atoms with E-state index in [2.05, 4.69) is 15.9 Å². The highest BCUT2D eigenvalue weighted by molar-refractivity contribution is 9.10. The maximum atomic E-state index is 6.11. The molecule has 0 aliphatic carbocycles. The highest BCUT2D eigenvalue weighted by Crippen LogP contribution is 2.26. The van der Waals surface area contributed by atoms with Crippen LogP contribution in [0.1, 0.15) is 17.2 Å². The first kappa shape index (κ1) is 12.2. The van der Waals surface area contributed by atoms with Crippen molar-refractivity contribution in [2.24, 2.45) is 5.73 Å². The molecular formula is C13H14BrNO2. The molecule has 0 aliphatic rings. The van der Waals surface area contributed by atoms with Crippen molar-refractivity contribution in [3.05, 3.63) is 52.4 Å². The number of ether oxygens (including phenoxy) is 1.